The van der Waals surface area contributed by atoms with Crippen molar-refractivity contribution in [2.75, 3.05) is 13.1 Å². The van der Waals surface area contributed by atoms with Gasteiger partial charge in [0.15, 0.2) is 0 Å². The normalized spacial score (nSPS) is 15.6. The highest BCUT2D eigenvalue weighted by atomic mass is 16.6. The lowest BCUT2D eigenvalue weighted by molar-refractivity contribution is -0.385. The molecule has 1 fully saturated rings. The molecule has 0 aliphatic heterocycles. The van der Waals surface area contributed by atoms with Crippen molar-refractivity contribution >= 4 is 5.69 Å². The first kappa shape index (κ1) is 11.1. The summed E-state index contributed by atoms with van der Waals surface area (Å²) in [6.07, 6.45) is 5.41. The van der Waals surface area contributed by atoms with Crippen LogP contribution in [0.1, 0.15) is 19.8 Å². The minimum absolute atomic E-state index is 0.0578. The van der Waals surface area contributed by atoms with Crippen LogP contribution in [0.4, 0.5) is 5.69 Å². The van der Waals surface area contributed by atoms with Crippen LogP contribution in [0.5, 0.6) is 0 Å². The van der Waals surface area contributed by atoms with Gasteiger partial charge in [0.05, 0.1) is 11.6 Å². The van der Waals surface area contributed by atoms with Crippen LogP contribution in [0, 0.1) is 16.0 Å². The van der Waals surface area contributed by atoms with Crippen LogP contribution < -0.4 is 0 Å². The summed E-state index contributed by atoms with van der Waals surface area (Å²) in [7, 11) is 0. The third kappa shape index (κ3) is 2.79. The molecule has 0 unspecified atom stereocenters. The highest BCUT2D eigenvalue weighted by molar-refractivity contribution is 5.20. The molecule has 1 heterocycles. The molecule has 1 aromatic heterocycles. The van der Waals surface area contributed by atoms with Crippen LogP contribution in [0.2, 0.25) is 0 Å². The van der Waals surface area contributed by atoms with Gasteiger partial charge in [-0.25, -0.2) is 0 Å². The van der Waals surface area contributed by atoms with Gasteiger partial charge in [-0.1, -0.05) is 6.92 Å². The van der Waals surface area contributed by atoms with Gasteiger partial charge in [0.1, 0.15) is 12.4 Å². The first-order valence-electron chi connectivity index (χ1n) is 5.58. The van der Waals surface area contributed by atoms with Crippen LogP contribution in [0.15, 0.2) is 12.4 Å². The molecular formula is C10H16N4O2. The van der Waals surface area contributed by atoms with Gasteiger partial charge >= 0.3 is 5.69 Å². The molecule has 0 bridgehead atoms. The molecule has 0 saturated heterocycles. The highest BCUT2D eigenvalue weighted by Crippen LogP contribution is 2.29. The summed E-state index contributed by atoms with van der Waals surface area (Å²) >= 11 is 0. The fraction of sp³-hybridized carbons (Fsp3) is 0.700. The van der Waals surface area contributed by atoms with Crippen LogP contribution in [0.3, 0.4) is 0 Å². The quantitative estimate of drug-likeness (QED) is 0.542. The zero-order valence-corrected chi connectivity index (χ0v) is 9.37. The summed E-state index contributed by atoms with van der Waals surface area (Å²) in [6, 6.07) is 0. The molecule has 1 saturated carbocycles. The largest absolute Gasteiger partial charge is 0.307 e. The number of aromatic nitrogens is 2. The predicted octanol–water partition coefficient (Wildman–Crippen LogP) is 1.48. The molecule has 16 heavy (non-hydrogen) atoms. The fourth-order valence-electron chi connectivity index (χ4n) is 1.68. The Morgan fingerprint density at radius 3 is 2.94 bits per heavy atom. The fourth-order valence-corrected chi connectivity index (χ4v) is 1.68. The second-order valence-corrected chi connectivity index (χ2v) is 4.25. The third-order valence-electron chi connectivity index (χ3n) is 2.84. The standard InChI is InChI=1S/C10H16N4O2/c1-2-12(6-9-3-4-9)8-13-7-10(5-11-13)14(15)16/h5,7,9H,2-4,6,8H2,1H3. The number of hydrogen-bond acceptors (Lipinski definition) is 4. The number of hydrogen-bond donors (Lipinski definition) is 0. The van der Waals surface area contributed by atoms with Crippen molar-refractivity contribution in [1.29, 1.82) is 0 Å². The predicted molar refractivity (Wildman–Crippen MR) is 58.9 cm³/mol. The van der Waals surface area contributed by atoms with Crippen molar-refractivity contribution in [3.8, 4) is 0 Å². The third-order valence-corrected chi connectivity index (χ3v) is 2.84. The Hall–Kier alpha value is -1.43. The molecule has 0 N–H and O–H groups in total. The lowest BCUT2D eigenvalue weighted by Gasteiger charge is -2.19. The van der Waals surface area contributed by atoms with E-state index < -0.39 is 4.92 Å². The van der Waals surface area contributed by atoms with E-state index in [1.165, 1.54) is 25.2 Å². The Kier molecular flexibility index (Phi) is 3.19. The Morgan fingerprint density at radius 1 is 1.69 bits per heavy atom. The second kappa shape index (κ2) is 4.61. The average Bonchev–Trinajstić information content (AvgIpc) is 2.93. The molecule has 0 radical (unpaired) electrons. The molecule has 0 aromatic carbocycles. The maximum absolute atomic E-state index is 10.5. The molecule has 1 aliphatic carbocycles. The number of rotatable bonds is 6. The van der Waals surface area contributed by atoms with Crippen molar-refractivity contribution in [2.45, 2.75) is 26.4 Å². The summed E-state index contributed by atoms with van der Waals surface area (Å²) in [4.78, 5) is 12.3. The van der Waals surface area contributed by atoms with E-state index in [0.717, 1.165) is 19.0 Å². The van der Waals surface area contributed by atoms with E-state index >= 15 is 0 Å². The van der Waals surface area contributed by atoms with Gasteiger partial charge in [0, 0.05) is 6.54 Å². The molecule has 6 nitrogen and oxygen atoms in total. The molecule has 1 aliphatic rings. The maximum Gasteiger partial charge on any atom is 0.307 e. The Balaban J connectivity index is 1.92. The van der Waals surface area contributed by atoms with Crippen LogP contribution in [0.25, 0.3) is 0 Å². The van der Waals surface area contributed by atoms with Gasteiger partial charge in [-0.05, 0) is 25.3 Å². The molecule has 1 aromatic rings. The van der Waals surface area contributed by atoms with E-state index in [9.17, 15) is 10.1 Å². The SMILES string of the molecule is CCN(CC1CC1)Cn1cc([N+](=O)[O-])cn1. The van der Waals surface area contributed by atoms with Crippen molar-refractivity contribution in [3.05, 3.63) is 22.5 Å². The van der Waals surface area contributed by atoms with Crippen molar-refractivity contribution in [1.82, 2.24) is 14.7 Å². The minimum Gasteiger partial charge on any atom is -0.284 e. The van der Waals surface area contributed by atoms with Gasteiger partial charge in [0.25, 0.3) is 0 Å². The smallest absolute Gasteiger partial charge is 0.284 e. The molecule has 6 heteroatoms. The molecule has 88 valence electrons. The van der Waals surface area contributed by atoms with Crippen molar-refractivity contribution in [3.63, 3.8) is 0 Å². The molecular weight excluding hydrogens is 208 g/mol. The van der Waals surface area contributed by atoms with Crippen molar-refractivity contribution in [2.24, 2.45) is 5.92 Å². The van der Waals surface area contributed by atoms with Crippen molar-refractivity contribution < 1.29 is 4.92 Å². The van der Waals surface area contributed by atoms with E-state index in [-0.39, 0.29) is 5.69 Å². The minimum atomic E-state index is -0.416. The van der Waals surface area contributed by atoms with E-state index in [1.807, 2.05) is 0 Å². The summed E-state index contributed by atoms with van der Waals surface area (Å²) in [5.41, 5.74) is 0.0578. The van der Waals surface area contributed by atoms with Crippen LogP contribution in [-0.2, 0) is 6.67 Å². The Bertz CT molecular complexity index is 373. The summed E-state index contributed by atoms with van der Waals surface area (Å²) in [5, 5.41) is 14.5. The Labute approximate surface area is 94.0 Å². The monoisotopic (exact) mass is 224 g/mol. The van der Waals surface area contributed by atoms with Gasteiger partial charge in [-0.2, -0.15) is 5.10 Å². The zero-order chi connectivity index (χ0) is 11.5. The van der Waals surface area contributed by atoms with E-state index in [1.54, 1.807) is 4.68 Å². The van der Waals surface area contributed by atoms with E-state index in [4.69, 9.17) is 0 Å². The van der Waals surface area contributed by atoms with Crippen LogP contribution >= 0.6 is 0 Å². The maximum atomic E-state index is 10.5. The lowest BCUT2D eigenvalue weighted by Crippen LogP contribution is -2.28. The lowest BCUT2D eigenvalue weighted by atomic mass is 10.4. The molecule has 0 amide bonds. The zero-order valence-electron chi connectivity index (χ0n) is 9.37. The van der Waals surface area contributed by atoms with Crippen LogP contribution in [-0.4, -0.2) is 32.7 Å². The van der Waals surface area contributed by atoms with E-state index in [0.29, 0.717) is 6.67 Å². The van der Waals surface area contributed by atoms with Gasteiger partial charge < -0.3 is 0 Å². The first-order chi connectivity index (χ1) is 7.69. The molecule has 2 rings (SSSR count). The van der Waals surface area contributed by atoms with Gasteiger partial charge in [-0.15, -0.1) is 0 Å². The highest BCUT2D eigenvalue weighted by Gasteiger charge is 2.23. The summed E-state index contributed by atoms with van der Waals surface area (Å²) < 4.78 is 1.63. The summed E-state index contributed by atoms with van der Waals surface area (Å²) in [5.74, 6) is 0.825. The number of nitrogens with zero attached hydrogens (tertiary/aromatic N) is 4. The summed E-state index contributed by atoms with van der Waals surface area (Å²) in [6.45, 7) is 4.76. The molecule has 0 atom stereocenters. The van der Waals surface area contributed by atoms with Gasteiger partial charge in [-0.3, -0.25) is 19.7 Å². The average molecular weight is 224 g/mol. The topological polar surface area (TPSA) is 64.2 Å². The van der Waals surface area contributed by atoms with E-state index in [2.05, 4.69) is 16.9 Å². The first-order valence-corrected chi connectivity index (χ1v) is 5.58. The second-order valence-electron chi connectivity index (χ2n) is 4.25. The molecule has 0 spiro atoms. The number of nitro groups is 1. The van der Waals surface area contributed by atoms with Gasteiger partial charge in [0.2, 0.25) is 0 Å². The Morgan fingerprint density at radius 2 is 2.44 bits per heavy atom.